The molecule has 0 bridgehead atoms. The Morgan fingerprint density at radius 3 is 2.21 bits per heavy atom. The summed E-state index contributed by atoms with van der Waals surface area (Å²) in [6, 6.07) is 0. The highest BCUT2D eigenvalue weighted by Gasteiger charge is 2.69. The van der Waals surface area contributed by atoms with E-state index in [4.69, 9.17) is 0 Å². The first-order valence-electron chi connectivity index (χ1n) is 13.7. The van der Waals surface area contributed by atoms with Gasteiger partial charge in [-0.05, 0) is 97.2 Å². The molecule has 0 aromatic rings. The molecule has 33 heavy (non-hydrogen) atoms. The Balaban J connectivity index is 1.58. The van der Waals surface area contributed by atoms with Gasteiger partial charge in [0.1, 0.15) is 0 Å². The maximum atomic E-state index is 11.2. The zero-order valence-electron chi connectivity index (χ0n) is 22.2. The van der Waals surface area contributed by atoms with Gasteiger partial charge in [-0.3, -0.25) is 0 Å². The topological polar surface area (TPSA) is 60.7 Å². The summed E-state index contributed by atoms with van der Waals surface area (Å²) < 4.78 is 0. The van der Waals surface area contributed by atoms with Crippen molar-refractivity contribution in [2.45, 2.75) is 112 Å². The third-order valence-corrected chi connectivity index (χ3v) is 13.0. The Bertz CT molecular complexity index is 847. The van der Waals surface area contributed by atoms with E-state index in [1.54, 1.807) is 5.57 Å². The highest BCUT2D eigenvalue weighted by atomic mass is 16.3. The summed E-state index contributed by atoms with van der Waals surface area (Å²) >= 11 is 0. The number of aliphatic hydroxyl groups excluding tert-OH is 3. The van der Waals surface area contributed by atoms with Crippen LogP contribution in [0.4, 0.5) is 0 Å². The van der Waals surface area contributed by atoms with Gasteiger partial charge in [0.05, 0.1) is 18.8 Å². The molecule has 4 saturated carbocycles. The van der Waals surface area contributed by atoms with Crippen LogP contribution in [-0.4, -0.2) is 34.1 Å². The third kappa shape index (κ3) is 2.91. The number of rotatable bonds is 1. The zero-order valence-corrected chi connectivity index (χ0v) is 22.2. The molecular weight excluding hydrogens is 408 g/mol. The van der Waals surface area contributed by atoms with Crippen molar-refractivity contribution in [1.29, 1.82) is 0 Å². The van der Waals surface area contributed by atoms with Gasteiger partial charge >= 0.3 is 0 Å². The van der Waals surface area contributed by atoms with Crippen molar-refractivity contribution >= 4 is 0 Å². The summed E-state index contributed by atoms with van der Waals surface area (Å²) in [5, 5.41) is 32.6. The van der Waals surface area contributed by atoms with E-state index in [-0.39, 0.29) is 39.8 Å². The fraction of sp³-hybridized carbons (Fsp3) is 0.900. The fourth-order valence-corrected chi connectivity index (χ4v) is 10.5. The summed E-state index contributed by atoms with van der Waals surface area (Å²) in [6.07, 6.45) is 12.8. The van der Waals surface area contributed by atoms with Crippen LogP contribution in [0.15, 0.2) is 11.6 Å². The second kappa shape index (κ2) is 7.10. The molecule has 187 valence electrons. The van der Waals surface area contributed by atoms with Gasteiger partial charge in [-0.15, -0.1) is 0 Å². The van der Waals surface area contributed by atoms with Gasteiger partial charge in [0.15, 0.2) is 0 Å². The summed E-state index contributed by atoms with van der Waals surface area (Å²) in [7, 11) is 0. The first-order chi connectivity index (χ1) is 15.2. The van der Waals surface area contributed by atoms with Crippen LogP contribution in [0.25, 0.3) is 0 Å². The third-order valence-electron chi connectivity index (χ3n) is 13.0. The predicted molar refractivity (Wildman–Crippen MR) is 133 cm³/mol. The van der Waals surface area contributed by atoms with Crippen LogP contribution in [0.1, 0.15) is 99.8 Å². The SMILES string of the molecule is CC1(C)[CH][C@@H](O)[C@]2(C)CC[C@]3(C)C(=CCC4[C@@]5(C)CC[C@H](O)[C@](C)(CO)C5CC[C@]43C)C2C1. The Morgan fingerprint density at radius 1 is 0.848 bits per heavy atom. The minimum atomic E-state index is -0.396. The Kier molecular flexibility index (Phi) is 5.23. The molecule has 10 atom stereocenters. The maximum absolute atomic E-state index is 11.2. The van der Waals surface area contributed by atoms with Crippen LogP contribution in [0, 0.1) is 56.7 Å². The summed E-state index contributed by atoms with van der Waals surface area (Å²) in [5.41, 5.74) is 1.80. The highest BCUT2D eigenvalue weighted by molar-refractivity contribution is 5.35. The van der Waals surface area contributed by atoms with Gasteiger partial charge in [-0.1, -0.05) is 60.1 Å². The minimum Gasteiger partial charge on any atom is -0.396 e. The molecule has 0 aromatic carbocycles. The average Bonchev–Trinajstić information content (AvgIpc) is 2.73. The normalized spacial score (nSPS) is 57.8. The number of allylic oxidation sites excluding steroid dienone is 2. The maximum Gasteiger partial charge on any atom is 0.0636 e. The molecule has 3 N–H and O–H groups in total. The standard InChI is InChI=1S/C30H49O3/c1-25(2)16-20-19-8-9-22-27(4)12-11-23(32)28(5,18-31)21(27)10-13-30(22,7)29(19,6)15-14-26(20,3)24(33)17-25/h8,17,20-24,31-33H,9-16,18H2,1-7H3/t20?,21?,22?,23-,24+,26+,27-,28+,29+,30+/m0/s1. The molecule has 3 unspecified atom stereocenters. The number of fused-ring (bicyclic) bond motifs is 7. The van der Waals surface area contributed by atoms with E-state index in [1.165, 1.54) is 6.42 Å². The lowest BCUT2D eigenvalue weighted by Crippen LogP contribution is -2.66. The second-order valence-electron chi connectivity index (χ2n) is 14.9. The molecule has 5 aliphatic rings. The largest absolute Gasteiger partial charge is 0.396 e. The molecule has 3 heteroatoms. The van der Waals surface area contributed by atoms with Crippen molar-refractivity contribution in [2.24, 2.45) is 50.2 Å². The Hall–Kier alpha value is -0.380. The number of hydrogen-bond donors (Lipinski definition) is 3. The van der Waals surface area contributed by atoms with Gasteiger partial charge in [-0.25, -0.2) is 0 Å². The van der Waals surface area contributed by atoms with E-state index >= 15 is 0 Å². The Morgan fingerprint density at radius 2 is 1.55 bits per heavy atom. The van der Waals surface area contributed by atoms with E-state index in [9.17, 15) is 15.3 Å². The molecule has 5 aliphatic carbocycles. The molecule has 4 fully saturated rings. The van der Waals surface area contributed by atoms with Gasteiger partial charge in [0.2, 0.25) is 0 Å². The van der Waals surface area contributed by atoms with Crippen molar-refractivity contribution in [1.82, 2.24) is 0 Å². The lowest BCUT2D eigenvalue weighted by atomic mass is 9.33. The molecule has 0 amide bonds. The quantitative estimate of drug-likeness (QED) is 0.428. The smallest absolute Gasteiger partial charge is 0.0636 e. The summed E-state index contributed by atoms with van der Waals surface area (Å²) in [5.74, 6) is 1.40. The van der Waals surface area contributed by atoms with Gasteiger partial charge in [0.25, 0.3) is 0 Å². The lowest BCUT2D eigenvalue weighted by molar-refractivity contribution is -0.216. The van der Waals surface area contributed by atoms with Crippen molar-refractivity contribution < 1.29 is 15.3 Å². The van der Waals surface area contributed by atoms with Crippen molar-refractivity contribution in [3.63, 3.8) is 0 Å². The minimum absolute atomic E-state index is 0.0461. The summed E-state index contributed by atoms with van der Waals surface area (Å²) in [6.45, 7) is 16.8. The van der Waals surface area contributed by atoms with E-state index in [0.29, 0.717) is 17.8 Å². The zero-order chi connectivity index (χ0) is 24.2. The predicted octanol–water partition coefficient (Wildman–Crippen LogP) is 5.93. The van der Waals surface area contributed by atoms with Gasteiger partial charge in [-0.2, -0.15) is 0 Å². The van der Waals surface area contributed by atoms with Crippen molar-refractivity contribution in [2.75, 3.05) is 6.61 Å². The molecule has 5 rings (SSSR count). The van der Waals surface area contributed by atoms with Crippen molar-refractivity contribution in [3.8, 4) is 0 Å². The van der Waals surface area contributed by atoms with E-state index < -0.39 is 11.5 Å². The van der Waals surface area contributed by atoms with Gasteiger partial charge in [0, 0.05) is 10.8 Å². The summed E-state index contributed by atoms with van der Waals surface area (Å²) in [4.78, 5) is 0. The molecule has 0 aliphatic heterocycles. The van der Waals surface area contributed by atoms with Crippen molar-refractivity contribution in [3.05, 3.63) is 18.1 Å². The van der Waals surface area contributed by atoms with Crippen LogP contribution in [-0.2, 0) is 0 Å². The monoisotopic (exact) mass is 457 g/mol. The van der Waals surface area contributed by atoms with E-state index in [1.807, 2.05) is 0 Å². The van der Waals surface area contributed by atoms with Crippen LogP contribution in [0.3, 0.4) is 0 Å². The molecule has 1 radical (unpaired) electrons. The van der Waals surface area contributed by atoms with E-state index in [0.717, 1.165) is 44.9 Å². The van der Waals surface area contributed by atoms with Crippen LogP contribution < -0.4 is 0 Å². The number of aliphatic hydroxyl groups is 3. The molecule has 0 saturated heterocycles. The fourth-order valence-electron chi connectivity index (χ4n) is 10.5. The van der Waals surface area contributed by atoms with Crippen LogP contribution in [0.2, 0.25) is 0 Å². The molecule has 0 heterocycles. The molecule has 0 spiro atoms. The molecule has 3 nitrogen and oxygen atoms in total. The average molecular weight is 458 g/mol. The highest BCUT2D eigenvalue weighted by Crippen LogP contribution is 2.75. The molecule has 0 aromatic heterocycles. The van der Waals surface area contributed by atoms with Crippen LogP contribution >= 0.6 is 0 Å². The van der Waals surface area contributed by atoms with Crippen LogP contribution in [0.5, 0.6) is 0 Å². The first-order valence-corrected chi connectivity index (χ1v) is 13.7. The Labute approximate surface area is 202 Å². The van der Waals surface area contributed by atoms with E-state index in [2.05, 4.69) is 61.0 Å². The van der Waals surface area contributed by atoms with Gasteiger partial charge < -0.3 is 15.3 Å². The second-order valence-corrected chi connectivity index (χ2v) is 14.9. The lowest BCUT2D eigenvalue weighted by Gasteiger charge is -2.71. The molecular formula is C30H49O3. The number of hydrogen-bond acceptors (Lipinski definition) is 3. The first kappa shape index (κ1) is 24.3.